The summed E-state index contributed by atoms with van der Waals surface area (Å²) in [4.78, 5) is 37.8. The van der Waals surface area contributed by atoms with Gasteiger partial charge in [-0.3, -0.25) is 0 Å². The van der Waals surface area contributed by atoms with E-state index in [0.29, 0.717) is 0 Å². The Hall–Kier alpha value is -5.91. The van der Waals surface area contributed by atoms with Gasteiger partial charge < -0.3 is 44.8 Å². The summed E-state index contributed by atoms with van der Waals surface area (Å²) in [6.07, 6.45) is 0. The fourth-order valence-corrected chi connectivity index (χ4v) is 3.36. The summed E-state index contributed by atoms with van der Waals surface area (Å²) in [5, 5.41) is 57.8. The van der Waals surface area contributed by atoms with Crippen LogP contribution in [0.3, 0.4) is 0 Å². The average molecular weight is 534 g/mol. The van der Waals surface area contributed by atoms with Crippen molar-refractivity contribution in [2.45, 2.75) is 0 Å². The molecule has 0 spiro atoms. The van der Waals surface area contributed by atoms with Gasteiger partial charge in [0.05, 0.1) is 16.7 Å². The lowest BCUT2D eigenvalue weighted by Crippen LogP contribution is -2.12. The monoisotopic (exact) mass is 534 g/mol. The summed E-state index contributed by atoms with van der Waals surface area (Å²) in [7, 11) is 0. The van der Waals surface area contributed by atoms with Gasteiger partial charge >= 0.3 is 17.9 Å². The molecular weight excluding hydrogens is 516 g/mol. The summed E-state index contributed by atoms with van der Waals surface area (Å²) in [6, 6.07) is 12.4. The van der Waals surface area contributed by atoms with Crippen molar-refractivity contribution in [3.05, 3.63) is 89.5 Å². The van der Waals surface area contributed by atoms with Gasteiger partial charge in [0.15, 0.2) is 0 Å². The predicted molar refractivity (Wildman–Crippen MR) is 131 cm³/mol. The molecule has 198 valence electrons. The van der Waals surface area contributed by atoms with Crippen LogP contribution in [0.25, 0.3) is 0 Å². The van der Waals surface area contributed by atoms with Gasteiger partial charge in [0, 0.05) is 36.4 Å². The molecule has 12 heteroatoms. The van der Waals surface area contributed by atoms with E-state index in [9.17, 15) is 45.0 Å². The maximum Gasteiger partial charge on any atom is 0.343 e. The van der Waals surface area contributed by atoms with Crippen molar-refractivity contribution in [3.63, 3.8) is 0 Å². The Bertz CT molecular complexity index is 1350. The van der Waals surface area contributed by atoms with Gasteiger partial charge in [0.1, 0.15) is 51.7 Å². The number of benzene rings is 4. The molecule has 39 heavy (non-hydrogen) atoms. The van der Waals surface area contributed by atoms with Crippen LogP contribution in [0.5, 0.6) is 51.7 Å². The van der Waals surface area contributed by atoms with Crippen molar-refractivity contribution in [2.24, 2.45) is 0 Å². The highest BCUT2D eigenvalue weighted by Gasteiger charge is 2.18. The number of rotatable bonds is 6. The average Bonchev–Trinajstić information content (AvgIpc) is 2.82. The molecule has 4 rings (SSSR count). The second-order valence-electron chi connectivity index (χ2n) is 8.02. The second-order valence-corrected chi connectivity index (χ2v) is 8.02. The number of hydrogen-bond donors (Lipinski definition) is 6. The SMILES string of the molecule is O=C(Oc1cc(OC(=O)c2cc(O)cc(O)c2)cc(OC(=O)c2cc(O)cc(O)c2)c1)c1cc(O)cc(O)c1. The van der Waals surface area contributed by atoms with Crippen LogP contribution in [0.4, 0.5) is 0 Å². The number of hydrogen-bond acceptors (Lipinski definition) is 12. The highest BCUT2D eigenvalue weighted by molar-refractivity contribution is 5.94. The Morgan fingerprint density at radius 1 is 0.359 bits per heavy atom. The minimum Gasteiger partial charge on any atom is -0.508 e. The molecular formula is C27H18O12. The first-order chi connectivity index (χ1) is 18.4. The van der Waals surface area contributed by atoms with E-state index >= 15 is 0 Å². The molecule has 0 heterocycles. The van der Waals surface area contributed by atoms with E-state index in [1.165, 1.54) is 0 Å². The maximum absolute atomic E-state index is 12.6. The first-order valence-corrected chi connectivity index (χ1v) is 10.9. The molecule has 0 unspecified atom stereocenters. The smallest absolute Gasteiger partial charge is 0.343 e. The van der Waals surface area contributed by atoms with E-state index in [-0.39, 0.29) is 33.9 Å². The molecule has 6 N–H and O–H groups in total. The minimum absolute atomic E-state index is 0.237. The fourth-order valence-electron chi connectivity index (χ4n) is 3.36. The summed E-state index contributed by atoms with van der Waals surface area (Å²) in [6.45, 7) is 0. The van der Waals surface area contributed by atoms with Crippen LogP contribution >= 0.6 is 0 Å². The normalized spacial score (nSPS) is 10.5. The Morgan fingerprint density at radius 3 is 0.769 bits per heavy atom. The van der Waals surface area contributed by atoms with Crippen molar-refractivity contribution in [1.82, 2.24) is 0 Å². The third-order valence-corrected chi connectivity index (χ3v) is 4.90. The summed E-state index contributed by atoms with van der Waals surface area (Å²) >= 11 is 0. The van der Waals surface area contributed by atoms with Crippen LogP contribution in [0.15, 0.2) is 72.8 Å². The van der Waals surface area contributed by atoms with Crippen molar-refractivity contribution >= 4 is 17.9 Å². The largest absolute Gasteiger partial charge is 0.508 e. The molecule has 0 aliphatic carbocycles. The third-order valence-electron chi connectivity index (χ3n) is 4.90. The van der Waals surface area contributed by atoms with Gasteiger partial charge in [-0.15, -0.1) is 0 Å². The number of phenolic OH excluding ortho intramolecular Hbond substituents is 6. The Labute approximate surface area is 218 Å². The van der Waals surface area contributed by atoms with Crippen LogP contribution in [-0.4, -0.2) is 48.5 Å². The van der Waals surface area contributed by atoms with E-state index in [2.05, 4.69) is 0 Å². The molecule has 0 aliphatic rings. The molecule has 0 saturated carbocycles. The van der Waals surface area contributed by atoms with Crippen molar-refractivity contribution in [3.8, 4) is 51.7 Å². The maximum atomic E-state index is 12.6. The minimum atomic E-state index is -1.04. The molecule has 0 saturated heterocycles. The number of esters is 3. The van der Waals surface area contributed by atoms with Crippen LogP contribution in [-0.2, 0) is 0 Å². The number of carbonyl (C=O) groups is 3. The fraction of sp³-hybridized carbons (Fsp3) is 0. The van der Waals surface area contributed by atoms with E-state index in [1.54, 1.807) is 0 Å². The van der Waals surface area contributed by atoms with Crippen molar-refractivity contribution < 1.29 is 59.2 Å². The van der Waals surface area contributed by atoms with Gasteiger partial charge in [0.2, 0.25) is 0 Å². The highest BCUT2D eigenvalue weighted by atomic mass is 16.6. The zero-order chi connectivity index (χ0) is 28.3. The summed E-state index contributed by atoms with van der Waals surface area (Å²) in [5.41, 5.74) is -0.711. The standard InChI is InChI=1S/C27H18O12/c28-16-1-13(2-17(29)7-16)25(34)37-22-10-23(38-26(35)14-3-18(30)8-19(31)4-14)12-24(11-22)39-27(36)15-5-20(32)9-21(33)6-15/h1-12,28-33H. The van der Waals surface area contributed by atoms with Gasteiger partial charge in [-0.1, -0.05) is 0 Å². The zero-order valence-corrected chi connectivity index (χ0v) is 19.6. The van der Waals surface area contributed by atoms with Gasteiger partial charge in [-0.25, -0.2) is 14.4 Å². The van der Waals surface area contributed by atoms with Crippen molar-refractivity contribution in [2.75, 3.05) is 0 Å². The van der Waals surface area contributed by atoms with E-state index in [4.69, 9.17) is 14.2 Å². The zero-order valence-electron chi connectivity index (χ0n) is 19.6. The lowest BCUT2D eigenvalue weighted by atomic mass is 10.2. The second kappa shape index (κ2) is 10.6. The molecule has 0 amide bonds. The quantitative estimate of drug-likeness (QED) is 0.155. The lowest BCUT2D eigenvalue weighted by Gasteiger charge is -2.12. The molecule has 0 radical (unpaired) electrons. The van der Waals surface area contributed by atoms with Gasteiger partial charge in [0.25, 0.3) is 0 Å². The van der Waals surface area contributed by atoms with Crippen LogP contribution in [0, 0.1) is 0 Å². The Kier molecular flexibility index (Phi) is 7.11. The number of ether oxygens (including phenoxy) is 3. The van der Waals surface area contributed by atoms with E-state index < -0.39 is 52.4 Å². The molecule has 0 bridgehead atoms. The topological polar surface area (TPSA) is 200 Å². The molecule has 4 aromatic rings. The molecule has 0 atom stereocenters. The number of aromatic hydroxyl groups is 6. The van der Waals surface area contributed by atoms with Gasteiger partial charge in [-0.05, 0) is 36.4 Å². The summed E-state index contributed by atoms with van der Waals surface area (Å²) in [5.74, 6) is -6.51. The molecule has 12 nitrogen and oxygen atoms in total. The first kappa shape index (κ1) is 26.2. The Morgan fingerprint density at radius 2 is 0.564 bits per heavy atom. The number of carbonyl (C=O) groups excluding carboxylic acids is 3. The van der Waals surface area contributed by atoms with Gasteiger partial charge in [-0.2, -0.15) is 0 Å². The third kappa shape index (κ3) is 6.65. The Balaban J connectivity index is 1.66. The van der Waals surface area contributed by atoms with Crippen LogP contribution < -0.4 is 14.2 Å². The molecule has 0 aromatic heterocycles. The van der Waals surface area contributed by atoms with E-state index in [1.807, 2.05) is 0 Å². The molecule has 0 aliphatic heterocycles. The number of phenols is 6. The lowest BCUT2D eigenvalue weighted by molar-refractivity contribution is 0.0729. The summed E-state index contributed by atoms with van der Waals surface area (Å²) < 4.78 is 15.7. The molecule has 4 aromatic carbocycles. The van der Waals surface area contributed by atoms with Crippen molar-refractivity contribution in [1.29, 1.82) is 0 Å². The van der Waals surface area contributed by atoms with E-state index in [0.717, 1.165) is 72.8 Å². The predicted octanol–water partition coefficient (Wildman–Crippen LogP) is 3.58. The molecule has 0 fully saturated rings. The van der Waals surface area contributed by atoms with Crippen LogP contribution in [0.2, 0.25) is 0 Å². The van der Waals surface area contributed by atoms with Crippen LogP contribution in [0.1, 0.15) is 31.1 Å². The highest BCUT2D eigenvalue weighted by Crippen LogP contribution is 2.32. The first-order valence-electron chi connectivity index (χ1n) is 10.9.